The minimum Gasteiger partial charge on any atom is -0.380 e. The Kier molecular flexibility index (Phi) is 4.66. The monoisotopic (exact) mass is 232 g/mol. The topological polar surface area (TPSA) is 52.8 Å². The molecule has 0 aromatic carbocycles. The quantitative estimate of drug-likeness (QED) is 0.676. The second kappa shape index (κ2) is 6.75. The summed E-state index contributed by atoms with van der Waals surface area (Å²) < 4.78 is 7.52. The molecule has 17 heavy (non-hydrogen) atoms. The van der Waals surface area contributed by atoms with Crippen LogP contribution in [0.25, 0.3) is 0 Å². The molecule has 0 radical (unpaired) electrons. The standard InChI is InChI=1S/C12H16N4O/c1(3-12-14-4-2-5-15-12)9-17-10-8-16-7-6-13-11-16/h2,4-7,11H,1,3,8-10H2. The Morgan fingerprint density at radius 1 is 1.12 bits per heavy atom. The van der Waals surface area contributed by atoms with E-state index in [2.05, 4.69) is 15.0 Å². The van der Waals surface area contributed by atoms with Crippen molar-refractivity contribution in [1.82, 2.24) is 19.5 Å². The first kappa shape index (κ1) is 11.7. The van der Waals surface area contributed by atoms with E-state index in [0.29, 0.717) is 6.61 Å². The minimum absolute atomic E-state index is 0.714. The summed E-state index contributed by atoms with van der Waals surface area (Å²) in [6.45, 7) is 2.31. The van der Waals surface area contributed by atoms with Crippen molar-refractivity contribution < 1.29 is 4.74 Å². The zero-order chi connectivity index (χ0) is 11.8. The first-order valence-electron chi connectivity index (χ1n) is 5.74. The lowest BCUT2D eigenvalue weighted by Gasteiger charge is -2.04. The van der Waals surface area contributed by atoms with Gasteiger partial charge in [-0.2, -0.15) is 0 Å². The maximum absolute atomic E-state index is 5.52. The van der Waals surface area contributed by atoms with E-state index in [9.17, 15) is 0 Å². The van der Waals surface area contributed by atoms with Gasteiger partial charge in [0.05, 0.1) is 12.9 Å². The van der Waals surface area contributed by atoms with Crippen LogP contribution in [0.2, 0.25) is 0 Å². The van der Waals surface area contributed by atoms with Gasteiger partial charge < -0.3 is 9.30 Å². The Balaban J connectivity index is 1.52. The number of imidazole rings is 1. The molecule has 0 atom stereocenters. The van der Waals surface area contributed by atoms with Crippen molar-refractivity contribution >= 4 is 0 Å². The van der Waals surface area contributed by atoms with Gasteiger partial charge in [0, 0.05) is 44.4 Å². The largest absolute Gasteiger partial charge is 0.380 e. The third-order valence-corrected chi connectivity index (χ3v) is 2.36. The van der Waals surface area contributed by atoms with Crippen LogP contribution >= 0.6 is 0 Å². The van der Waals surface area contributed by atoms with Crippen LogP contribution in [0.1, 0.15) is 12.2 Å². The van der Waals surface area contributed by atoms with E-state index in [4.69, 9.17) is 4.74 Å². The van der Waals surface area contributed by atoms with Gasteiger partial charge in [-0.1, -0.05) is 0 Å². The highest BCUT2D eigenvalue weighted by Gasteiger charge is 1.95. The van der Waals surface area contributed by atoms with E-state index in [1.165, 1.54) is 0 Å². The Hall–Kier alpha value is -1.75. The number of aromatic nitrogens is 4. The van der Waals surface area contributed by atoms with Gasteiger partial charge >= 0.3 is 0 Å². The molecule has 2 rings (SSSR count). The molecule has 2 aromatic rings. The lowest BCUT2D eigenvalue weighted by Crippen LogP contribution is -2.06. The van der Waals surface area contributed by atoms with Crippen LogP contribution in [-0.2, 0) is 17.7 Å². The van der Waals surface area contributed by atoms with Crippen molar-refractivity contribution in [3.8, 4) is 0 Å². The highest BCUT2D eigenvalue weighted by molar-refractivity contribution is 4.88. The molecule has 0 aliphatic rings. The molecule has 0 saturated heterocycles. The van der Waals surface area contributed by atoms with E-state index in [1.807, 2.05) is 16.8 Å². The first-order valence-corrected chi connectivity index (χ1v) is 5.74. The molecule has 5 nitrogen and oxygen atoms in total. The number of nitrogens with zero attached hydrogens (tertiary/aromatic N) is 4. The fraction of sp³-hybridized carbons (Fsp3) is 0.417. The molecule has 0 unspecified atom stereocenters. The zero-order valence-corrected chi connectivity index (χ0v) is 9.70. The summed E-state index contributed by atoms with van der Waals surface area (Å²) in [7, 11) is 0. The van der Waals surface area contributed by atoms with Crippen molar-refractivity contribution in [2.45, 2.75) is 19.4 Å². The Morgan fingerprint density at radius 2 is 2.00 bits per heavy atom. The van der Waals surface area contributed by atoms with Crippen LogP contribution in [0.3, 0.4) is 0 Å². The van der Waals surface area contributed by atoms with E-state index in [0.717, 1.165) is 31.8 Å². The van der Waals surface area contributed by atoms with E-state index >= 15 is 0 Å². The Bertz CT molecular complexity index is 402. The number of rotatable bonds is 7. The summed E-state index contributed by atoms with van der Waals surface area (Å²) in [6, 6.07) is 1.82. The lowest BCUT2D eigenvalue weighted by molar-refractivity contribution is 0.124. The molecule has 0 amide bonds. The molecule has 0 aliphatic heterocycles. The lowest BCUT2D eigenvalue weighted by atomic mass is 10.3. The van der Waals surface area contributed by atoms with Crippen molar-refractivity contribution in [2.75, 3.05) is 13.2 Å². The number of aryl methyl sites for hydroxylation is 1. The summed E-state index contributed by atoms with van der Waals surface area (Å²) in [5.74, 6) is 0.880. The SMILES string of the molecule is c1cnc(CCCOCCn2ccnc2)nc1. The van der Waals surface area contributed by atoms with Crippen LogP contribution < -0.4 is 0 Å². The second-order valence-electron chi connectivity index (χ2n) is 3.68. The maximum Gasteiger partial charge on any atom is 0.128 e. The van der Waals surface area contributed by atoms with Gasteiger partial charge in [0.15, 0.2) is 0 Å². The van der Waals surface area contributed by atoms with Gasteiger partial charge in [0.1, 0.15) is 5.82 Å². The van der Waals surface area contributed by atoms with Gasteiger partial charge in [-0.3, -0.25) is 0 Å². The van der Waals surface area contributed by atoms with Crippen molar-refractivity contribution in [1.29, 1.82) is 0 Å². The average Bonchev–Trinajstić information content (AvgIpc) is 2.88. The predicted octanol–water partition coefficient (Wildman–Crippen LogP) is 1.32. The number of hydrogen-bond acceptors (Lipinski definition) is 4. The van der Waals surface area contributed by atoms with Crippen LogP contribution in [0, 0.1) is 0 Å². The fourth-order valence-electron chi connectivity index (χ4n) is 1.48. The molecule has 0 spiro atoms. The van der Waals surface area contributed by atoms with Crippen molar-refractivity contribution in [3.05, 3.63) is 43.0 Å². The Morgan fingerprint density at radius 3 is 2.76 bits per heavy atom. The number of ether oxygens (including phenoxy) is 1. The molecule has 0 saturated carbocycles. The molecule has 2 heterocycles. The molecule has 0 N–H and O–H groups in total. The van der Waals surface area contributed by atoms with Crippen molar-refractivity contribution in [3.63, 3.8) is 0 Å². The summed E-state index contributed by atoms with van der Waals surface area (Å²) in [5.41, 5.74) is 0. The van der Waals surface area contributed by atoms with Crippen molar-refractivity contribution in [2.24, 2.45) is 0 Å². The summed E-state index contributed by atoms with van der Waals surface area (Å²) >= 11 is 0. The Labute approximate surface area is 101 Å². The summed E-state index contributed by atoms with van der Waals surface area (Å²) in [4.78, 5) is 12.3. The minimum atomic E-state index is 0.714. The fourth-order valence-corrected chi connectivity index (χ4v) is 1.48. The van der Waals surface area contributed by atoms with E-state index in [-0.39, 0.29) is 0 Å². The van der Waals surface area contributed by atoms with Crippen LogP contribution in [0.15, 0.2) is 37.2 Å². The third kappa shape index (κ3) is 4.32. The smallest absolute Gasteiger partial charge is 0.128 e. The summed E-state index contributed by atoms with van der Waals surface area (Å²) in [5, 5.41) is 0. The van der Waals surface area contributed by atoms with Gasteiger partial charge in [0.2, 0.25) is 0 Å². The molecule has 2 aromatic heterocycles. The van der Waals surface area contributed by atoms with Crippen LogP contribution in [-0.4, -0.2) is 32.7 Å². The van der Waals surface area contributed by atoms with Crippen LogP contribution in [0.4, 0.5) is 0 Å². The molecular weight excluding hydrogens is 216 g/mol. The second-order valence-corrected chi connectivity index (χ2v) is 3.68. The molecule has 0 fully saturated rings. The van der Waals surface area contributed by atoms with E-state index < -0.39 is 0 Å². The van der Waals surface area contributed by atoms with Gasteiger partial charge in [-0.25, -0.2) is 15.0 Å². The normalized spacial score (nSPS) is 10.6. The van der Waals surface area contributed by atoms with Gasteiger partial charge in [-0.15, -0.1) is 0 Å². The maximum atomic E-state index is 5.52. The van der Waals surface area contributed by atoms with Gasteiger partial charge in [0.25, 0.3) is 0 Å². The zero-order valence-electron chi connectivity index (χ0n) is 9.70. The van der Waals surface area contributed by atoms with E-state index in [1.54, 1.807) is 24.9 Å². The molecule has 90 valence electrons. The van der Waals surface area contributed by atoms with Crippen LogP contribution in [0.5, 0.6) is 0 Å². The molecule has 0 bridgehead atoms. The first-order chi connectivity index (χ1) is 8.45. The molecule has 0 aliphatic carbocycles. The number of hydrogen-bond donors (Lipinski definition) is 0. The molecular formula is C12H16N4O. The third-order valence-electron chi connectivity index (χ3n) is 2.36. The average molecular weight is 232 g/mol. The highest BCUT2D eigenvalue weighted by Crippen LogP contribution is 1.95. The predicted molar refractivity (Wildman–Crippen MR) is 63.4 cm³/mol. The molecule has 5 heteroatoms. The van der Waals surface area contributed by atoms with Gasteiger partial charge in [-0.05, 0) is 12.5 Å². The highest BCUT2D eigenvalue weighted by atomic mass is 16.5. The summed E-state index contributed by atoms with van der Waals surface area (Å²) in [6.07, 6.45) is 10.8.